The molecular weight excluding hydrogens is 128 g/mol. The van der Waals surface area contributed by atoms with Crippen molar-refractivity contribution in [2.24, 2.45) is 0 Å². The Labute approximate surface area is 53.2 Å². The van der Waals surface area contributed by atoms with Gasteiger partial charge in [0, 0.05) is 5.75 Å². The number of hydrogen-bond acceptors (Lipinski definition) is 3. The average Bonchev–Trinajstić information content (AvgIpc) is 1.87. The van der Waals surface area contributed by atoms with Crippen LogP contribution in [0.5, 0.6) is 0 Å². The van der Waals surface area contributed by atoms with Crippen LogP contribution in [0.15, 0.2) is 0 Å². The average molecular weight is 136 g/mol. The van der Waals surface area contributed by atoms with Crippen molar-refractivity contribution in [2.45, 2.75) is 17.8 Å². The summed E-state index contributed by atoms with van der Waals surface area (Å²) in [4.78, 5) is 0. The third-order valence-corrected chi connectivity index (χ3v) is 2.45. The van der Waals surface area contributed by atoms with E-state index in [4.69, 9.17) is 4.74 Å². The smallest absolute Gasteiger partial charge is 0.147 e. The molecule has 2 atom stereocenters. The van der Waals surface area contributed by atoms with Gasteiger partial charge in [-0.1, -0.05) is 0 Å². The highest BCUT2D eigenvalue weighted by atomic mass is 32.2. The number of thiol groups is 1. The highest BCUT2D eigenvalue weighted by Crippen LogP contribution is 2.26. The molecule has 3 heteroatoms. The molecule has 0 aliphatic carbocycles. The van der Waals surface area contributed by atoms with Crippen LogP contribution in [0.2, 0.25) is 0 Å². The van der Waals surface area contributed by atoms with Crippen molar-refractivity contribution in [2.75, 3.05) is 5.75 Å². The second kappa shape index (κ2) is 2.29. The molecule has 1 nitrogen and oxygen atoms in total. The molecule has 7 heavy (non-hydrogen) atoms. The molecule has 0 spiro atoms. The molecule has 1 fully saturated rings. The van der Waals surface area contributed by atoms with Gasteiger partial charge in [-0.3, -0.25) is 0 Å². The van der Waals surface area contributed by atoms with E-state index in [1.807, 2.05) is 0 Å². The van der Waals surface area contributed by atoms with Crippen molar-refractivity contribution in [3.8, 4) is 0 Å². The van der Waals surface area contributed by atoms with Gasteiger partial charge in [0.05, 0.1) is 6.10 Å². The van der Waals surface area contributed by atoms with Crippen LogP contribution in [0.25, 0.3) is 0 Å². The lowest BCUT2D eigenvalue weighted by Gasteiger charge is -1.99. The van der Waals surface area contributed by atoms with E-state index in [9.17, 15) is 0 Å². The fourth-order valence-corrected chi connectivity index (χ4v) is 1.74. The zero-order valence-corrected chi connectivity index (χ0v) is 5.84. The van der Waals surface area contributed by atoms with Crippen molar-refractivity contribution < 1.29 is 4.74 Å². The summed E-state index contributed by atoms with van der Waals surface area (Å²) in [7, 11) is 0. The SMILES string of the molecule is CC1CSC(S)O1. The van der Waals surface area contributed by atoms with Gasteiger partial charge in [0.25, 0.3) is 0 Å². The van der Waals surface area contributed by atoms with Crippen LogP contribution in [0.1, 0.15) is 6.92 Å². The molecule has 1 heterocycles. The fourth-order valence-electron chi connectivity index (χ4n) is 0.495. The maximum absolute atomic E-state index is 5.19. The van der Waals surface area contributed by atoms with Crippen LogP contribution in [0.4, 0.5) is 0 Å². The molecule has 1 saturated heterocycles. The first-order chi connectivity index (χ1) is 3.29. The summed E-state index contributed by atoms with van der Waals surface area (Å²) in [5.41, 5.74) is 0. The predicted octanol–water partition coefficient (Wildman–Crippen LogP) is 1.35. The Hall–Kier alpha value is 0.660. The first-order valence-electron chi connectivity index (χ1n) is 2.24. The monoisotopic (exact) mass is 136 g/mol. The van der Waals surface area contributed by atoms with Gasteiger partial charge < -0.3 is 4.74 Å². The summed E-state index contributed by atoms with van der Waals surface area (Å²) in [5.74, 6) is 1.09. The Morgan fingerprint density at radius 3 is 2.71 bits per heavy atom. The second-order valence-corrected chi connectivity index (χ2v) is 3.50. The van der Waals surface area contributed by atoms with E-state index in [-0.39, 0.29) is 4.77 Å². The Kier molecular flexibility index (Phi) is 1.89. The molecule has 0 radical (unpaired) electrons. The van der Waals surface area contributed by atoms with Gasteiger partial charge in [-0.15, -0.1) is 24.4 Å². The minimum absolute atomic E-state index is 0.134. The standard InChI is InChI=1S/C4H8OS2/c1-3-2-7-4(6)5-3/h3-4,6H,2H2,1H3. The van der Waals surface area contributed by atoms with Crippen molar-refractivity contribution in [1.82, 2.24) is 0 Å². The lowest BCUT2D eigenvalue weighted by atomic mass is 10.5. The van der Waals surface area contributed by atoms with Gasteiger partial charge in [0.1, 0.15) is 4.77 Å². The first kappa shape index (κ1) is 5.79. The minimum Gasteiger partial charge on any atom is -0.354 e. The van der Waals surface area contributed by atoms with E-state index >= 15 is 0 Å². The van der Waals surface area contributed by atoms with Crippen LogP contribution >= 0.6 is 24.4 Å². The maximum Gasteiger partial charge on any atom is 0.147 e. The lowest BCUT2D eigenvalue weighted by molar-refractivity contribution is 0.123. The van der Waals surface area contributed by atoms with E-state index in [0.717, 1.165) is 5.75 Å². The Morgan fingerprint density at radius 2 is 2.57 bits per heavy atom. The molecule has 0 amide bonds. The van der Waals surface area contributed by atoms with Crippen LogP contribution in [-0.4, -0.2) is 16.6 Å². The van der Waals surface area contributed by atoms with Gasteiger partial charge in [-0.25, -0.2) is 0 Å². The van der Waals surface area contributed by atoms with Crippen LogP contribution in [0, 0.1) is 0 Å². The number of hydrogen-bond donors (Lipinski definition) is 1. The van der Waals surface area contributed by atoms with Crippen LogP contribution < -0.4 is 0 Å². The predicted molar refractivity (Wildman–Crippen MR) is 35.8 cm³/mol. The highest BCUT2D eigenvalue weighted by molar-refractivity contribution is 8.10. The Balaban J connectivity index is 2.26. The lowest BCUT2D eigenvalue weighted by Crippen LogP contribution is -2.02. The van der Waals surface area contributed by atoms with Crippen molar-refractivity contribution in [3.05, 3.63) is 0 Å². The maximum atomic E-state index is 5.19. The molecule has 0 aromatic rings. The third-order valence-electron chi connectivity index (χ3n) is 0.822. The molecule has 1 aliphatic rings. The summed E-state index contributed by atoms with van der Waals surface area (Å²) in [5, 5.41) is 0. The molecular formula is C4H8OS2. The molecule has 2 unspecified atom stereocenters. The highest BCUT2D eigenvalue weighted by Gasteiger charge is 2.17. The van der Waals surface area contributed by atoms with Crippen molar-refractivity contribution >= 4 is 24.4 Å². The van der Waals surface area contributed by atoms with Gasteiger partial charge in [-0.05, 0) is 6.92 Å². The van der Waals surface area contributed by atoms with Crippen LogP contribution in [0.3, 0.4) is 0 Å². The largest absolute Gasteiger partial charge is 0.354 e. The van der Waals surface area contributed by atoms with Gasteiger partial charge in [-0.2, -0.15) is 0 Å². The minimum atomic E-state index is 0.134. The zero-order chi connectivity index (χ0) is 5.28. The molecule has 1 rings (SSSR count). The molecule has 0 saturated carbocycles. The molecule has 0 N–H and O–H groups in total. The Morgan fingerprint density at radius 1 is 1.86 bits per heavy atom. The first-order valence-corrected chi connectivity index (χ1v) is 3.80. The van der Waals surface area contributed by atoms with Crippen LogP contribution in [-0.2, 0) is 4.74 Å². The number of ether oxygens (including phenoxy) is 1. The van der Waals surface area contributed by atoms with Crippen molar-refractivity contribution in [3.63, 3.8) is 0 Å². The number of thioether (sulfide) groups is 1. The van der Waals surface area contributed by atoms with E-state index in [1.165, 1.54) is 0 Å². The Bertz CT molecular complexity index is 58.7. The van der Waals surface area contributed by atoms with E-state index in [1.54, 1.807) is 11.8 Å². The topological polar surface area (TPSA) is 9.23 Å². The summed E-state index contributed by atoms with van der Waals surface area (Å²) in [6.07, 6.45) is 0.410. The normalized spacial score (nSPS) is 42.0. The van der Waals surface area contributed by atoms with E-state index in [0.29, 0.717) is 6.10 Å². The molecule has 0 bridgehead atoms. The second-order valence-electron chi connectivity index (χ2n) is 1.59. The third kappa shape index (κ3) is 1.55. The fraction of sp³-hybridized carbons (Fsp3) is 1.00. The van der Waals surface area contributed by atoms with E-state index in [2.05, 4.69) is 19.6 Å². The summed E-state index contributed by atoms with van der Waals surface area (Å²) in [6, 6.07) is 0. The molecule has 1 aliphatic heterocycles. The molecule has 0 aromatic carbocycles. The van der Waals surface area contributed by atoms with Gasteiger partial charge >= 0.3 is 0 Å². The molecule has 0 aromatic heterocycles. The zero-order valence-electron chi connectivity index (χ0n) is 4.13. The van der Waals surface area contributed by atoms with Crippen molar-refractivity contribution in [1.29, 1.82) is 0 Å². The molecule has 42 valence electrons. The quantitative estimate of drug-likeness (QED) is 0.503. The summed E-state index contributed by atoms with van der Waals surface area (Å²) < 4.78 is 5.32. The van der Waals surface area contributed by atoms with Gasteiger partial charge in [0.15, 0.2) is 0 Å². The van der Waals surface area contributed by atoms with E-state index < -0.39 is 0 Å². The summed E-state index contributed by atoms with van der Waals surface area (Å²) >= 11 is 5.84. The number of rotatable bonds is 0. The summed E-state index contributed by atoms with van der Waals surface area (Å²) in [6.45, 7) is 2.06. The van der Waals surface area contributed by atoms with Gasteiger partial charge in [0.2, 0.25) is 0 Å².